The van der Waals surface area contributed by atoms with E-state index < -0.39 is 5.97 Å². The van der Waals surface area contributed by atoms with Crippen LogP contribution in [0.2, 0.25) is 0 Å². The predicted octanol–water partition coefficient (Wildman–Crippen LogP) is 4.82. The first-order chi connectivity index (χ1) is 16.9. The van der Waals surface area contributed by atoms with Gasteiger partial charge in [-0.1, -0.05) is 21.3 Å². The molecule has 0 aliphatic heterocycles. The Balaban J connectivity index is 0.00000211. The highest BCUT2D eigenvalue weighted by atomic mass is 16.5. The Morgan fingerprint density at radius 3 is 2.53 bits per heavy atom. The normalized spacial score (nSPS) is 10.4. The van der Waals surface area contributed by atoms with Gasteiger partial charge in [0.15, 0.2) is 11.5 Å². The lowest BCUT2D eigenvalue weighted by atomic mass is 10.2. The number of aromatic nitrogens is 3. The van der Waals surface area contributed by atoms with Crippen molar-refractivity contribution in [2.24, 2.45) is 7.05 Å². The first-order valence-electron chi connectivity index (χ1n) is 11.8. The van der Waals surface area contributed by atoms with Gasteiger partial charge in [-0.3, -0.25) is 0 Å². The number of ether oxygens (including phenoxy) is 3. The Hall–Kier alpha value is -3.37. The summed E-state index contributed by atoms with van der Waals surface area (Å²) in [6.45, 7) is 9.77. The molecule has 0 radical (unpaired) electrons. The van der Waals surface area contributed by atoms with E-state index in [1.165, 1.54) is 10.9 Å². The van der Waals surface area contributed by atoms with Crippen LogP contribution in [0.5, 0.6) is 11.5 Å². The molecule has 3 rings (SSSR count). The molecule has 0 aliphatic rings. The zero-order chi connectivity index (χ0) is 25.8. The Bertz CT molecular complexity index is 1090. The van der Waals surface area contributed by atoms with Gasteiger partial charge in [0.05, 0.1) is 31.5 Å². The number of methoxy groups -OCH3 is 1. The Morgan fingerprint density at radius 1 is 1.14 bits per heavy atom. The molecular formula is C26H41N5O5. The Kier molecular flexibility index (Phi) is 13.3. The van der Waals surface area contributed by atoms with Gasteiger partial charge >= 0.3 is 5.97 Å². The lowest BCUT2D eigenvalue weighted by molar-refractivity contribution is 0.0686. The van der Waals surface area contributed by atoms with Crippen molar-refractivity contribution in [3.63, 3.8) is 0 Å². The first kappa shape index (κ1) is 30.7. The average Bonchev–Trinajstić information content (AvgIpc) is 3.23. The maximum absolute atomic E-state index is 11.3. The van der Waals surface area contributed by atoms with Crippen molar-refractivity contribution in [2.75, 3.05) is 52.4 Å². The molecule has 1 aromatic carbocycles. The van der Waals surface area contributed by atoms with Crippen molar-refractivity contribution < 1.29 is 24.1 Å². The van der Waals surface area contributed by atoms with Crippen molar-refractivity contribution in [1.29, 1.82) is 0 Å². The number of nitrogens with zero attached hydrogens (tertiary/aromatic N) is 4. The maximum Gasteiger partial charge on any atom is 0.352 e. The lowest BCUT2D eigenvalue weighted by Crippen LogP contribution is -2.25. The second-order valence-corrected chi connectivity index (χ2v) is 7.60. The monoisotopic (exact) mass is 503 g/mol. The van der Waals surface area contributed by atoms with Crippen LogP contribution < -0.4 is 14.8 Å². The second kappa shape index (κ2) is 15.6. The van der Waals surface area contributed by atoms with Crippen LogP contribution in [0.25, 0.3) is 10.9 Å². The minimum Gasteiger partial charge on any atom is -0.493 e. The molecule has 0 saturated heterocycles. The summed E-state index contributed by atoms with van der Waals surface area (Å²) >= 11 is 0. The molecule has 0 spiro atoms. The molecule has 10 nitrogen and oxygen atoms in total. The molecule has 0 amide bonds. The van der Waals surface area contributed by atoms with E-state index in [0.29, 0.717) is 35.1 Å². The smallest absolute Gasteiger partial charge is 0.352 e. The van der Waals surface area contributed by atoms with Crippen LogP contribution in [-0.4, -0.2) is 77.6 Å². The van der Waals surface area contributed by atoms with Crippen molar-refractivity contribution in [2.45, 2.75) is 34.6 Å². The maximum atomic E-state index is 11.3. The summed E-state index contributed by atoms with van der Waals surface area (Å²) in [5.41, 5.74) is 1.47. The molecule has 3 aromatic rings. The van der Waals surface area contributed by atoms with Gasteiger partial charge < -0.3 is 34.1 Å². The van der Waals surface area contributed by atoms with Gasteiger partial charge in [0, 0.05) is 44.4 Å². The minimum absolute atomic E-state index is 0. The first-order valence-corrected chi connectivity index (χ1v) is 11.8. The third-order valence-electron chi connectivity index (χ3n) is 5.17. The summed E-state index contributed by atoms with van der Waals surface area (Å²) in [7, 11) is 5.33. The van der Waals surface area contributed by atoms with Crippen molar-refractivity contribution >= 4 is 28.4 Å². The molecule has 200 valence electrons. The van der Waals surface area contributed by atoms with Gasteiger partial charge in [0.25, 0.3) is 0 Å². The minimum atomic E-state index is -0.998. The summed E-state index contributed by atoms with van der Waals surface area (Å²) in [6, 6.07) is 5.20. The van der Waals surface area contributed by atoms with Crippen LogP contribution >= 0.6 is 0 Å². The van der Waals surface area contributed by atoms with Crippen molar-refractivity contribution in [1.82, 2.24) is 19.4 Å². The number of aryl methyl sites for hydroxylation is 1. The van der Waals surface area contributed by atoms with Gasteiger partial charge in [-0.2, -0.15) is 0 Å². The summed E-state index contributed by atoms with van der Waals surface area (Å²) in [4.78, 5) is 22.2. The molecule has 2 aromatic heterocycles. The van der Waals surface area contributed by atoms with E-state index in [-0.39, 0.29) is 13.1 Å². The van der Waals surface area contributed by atoms with E-state index in [1.54, 1.807) is 26.4 Å². The van der Waals surface area contributed by atoms with E-state index in [9.17, 15) is 9.90 Å². The number of fused-ring (bicyclic) bond motifs is 1. The van der Waals surface area contributed by atoms with E-state index >= 15 is 0 Å². The van der Waals surface area contributed by atoms with Crippen molar-refractivity contribution in [3.05, 3.63) is 36.4 Å². The van der Waals surface area contributed by atoms with Gasteiger partial charge in [0.1, 0.15) is 17.8 Å². The molecule has 0 fully saturated rings. The summed E-state index contributed by atoms with van der Waals surface area (Å²) < 4.78 is 18.4. The largest absolute Gasteiger partial charge is 0.493 e. The van der Waals surface area contributed by atoms with E-state index in [2.05, 4.69) is 27.2 Å². The highest BCUT2D eigenvalue weighted by Crippen LogP contribution is 2.35. The molecule has 0 bridgehead atoms. The number of nitrogens with one attached hydrogen (secondary N) is 1. The molecule has 0 atom stereocenters. The number of benzene rings is 1. The number of carboxylic acid groups (broad SMARTS) is 1. The summed E-state index contributed by atoms with van der Waals surface area (Å²) in [5, 5.41) is 13.2. The molecule has 0 aliphatic carbocycles. The second-order valence-electron chi connectivity index (χ2n) is 7.60. The zero-order valence-corrected chi connectivity index (χ0v) is 21.5. The Labute approximate surface area is 214 Å². The number of likely N-dealkylation sites (N-methyl/N-ethyl adjacent to an activating group) is 1. The van der Waals surface area contributed by atoms with Crippen LogP contribution in [0.15, 0.2) is 30.7 Å². The molecular weight excluding hydrogens is 462 g/mol. The zero-order valence-electron chi connectivity index (χ0n) is 21.5. The van der Waals surface area contributed by atoms with Gasteiger partial charge in [-0.25, -0.2) is 14.8 Å². The third kappa shape index (κ3) is 8.39. The fourth-order valence-electron chi connectivity index (χ4n) is 3.41. The van der Waals surface area contributed by atoms with Crippen LogP contribution in [0, 0.1) is 0 Å². The number of aromatic carboxylic acids is 1. The number of rotatable bonds is 13. The molecule has 2 heterocycles. The molecule has 36 heavy (non-hydrogen) atoms. The van der Waals surface area contributed by atoms with Crippen LogP contribution in [0.1, 0.15) is 45.1 Å². The molecule has 2 N–H and O–H groups in total. The number of carbonyl (C=O) groups is 1. The van der Waals surface area contributed by atoms with Gasteiger partial charge in [-0.05, 0) is 32.5 Å². The van der Waals surface area contributed by atoms with Gasteiger partial charge in [-0.15, -0.1) is 0 Å². The highest BCUT2D eigenvalue weighted by Gasteiger charge is 2.14. The predicted molar refractivity (Wildman–Crippen MR) is 144 cm³/mol. The van der Waals surface area contributed by atoms with Crippen LogP contribution in [0.4, 0.5) is 11.5 Å². The quantitative estimate of drug-likeness (QED) is 0.317. The van der Waals surface area contributed by atoms with Gasteiger partial charge in [0.2, 0.25) is 0 Å². The Morgan fingerprint density at radius 2 is 1.89 bits per heavy atom. The number of hydrogen-bond acceptors (Lipinski definition) is 8. The number of hydrogen-bond donors (Lipinski definition) is 2. The van der Waals surface area contributed by atoms with E-state index in [0.717, 1.165) is 38.1 Å². The molecule has 0 saturated carbocycles. The van der Waals surface area contributed by atoms with E-state index in [1.807, 2.05) is 32.9 Å². The standard InChI is InChI=1S/C23H31N5O5.C2H6.CH4/c1-5-32-10-8-27(2)7-6-9-33-21-13-18-17(12-20(21)31-4)22(25-15-24-18)26-16-11-19(23(29)30)28(3)14-16;1-2;/h11-15H,5-10H2,1-4H3,(H,29,30)(H,24,25,26);1-2H3;1H4. The fraction of sp³-hybridized carbons (Fsp3) is 0.500. The van der Waals surface area contributed by atoms with Crippen LogP contribution in [0.3, 0.4) is 0 Å². The van der Waals surface area contributed by atoms with Crippen molar-refractivity contribution in [3.8, 4) is 11.5 Å². The lowest BCUT2D eigenvalue weighted by Gasteiger charge is -2.17. The SMILES string of the molecule is C.CC.CCOCCN(C)CCCOc1cc2ncnc(Nc3cc(C(=O)O)n(C)c3)c2cc1OC. The topological polar surface area (TPSA) is 111 Å². The highest BCUT2D eigenvalue weighted by molar-refractivity contribution is 5.94. The molecule has 0 unspecified atom stereocenters. The fourth-order valence-corrected chi connectivity index (χ4v) is 3.41. The average molecular weight is 504 g/mol. The van der Waals surface area contributed by atoms with Crippen LogP contribution in [-0.2, 0) is 11.8 Å². The van der Waals surface area contributed by atoms with E-state index in [4.69, 9.17) is 14.2 Å². The summed E-state index contributed by atoms with van der Waals surface area (Å²) in [6.07, 6.45) is 4.01. The third-order valence-corrected chi connectivity index (χ3v) is 5.17. The summed E-state index contributed by atoms with van der Waals surface area (Å²) in [5.74, 6) is 0.731. The number of anilines is 2. The molecule has 10 heteroatoms. The number of carboxylic acids is 1.